The fourth-order valence-electron chi connectivity index (χ4n) is 4.80. The molecule has 104 valence electrons. The van der Waals surface area contributed by atoms with E-state index in [0.717, 1.165) is 32.5 Å². The lowest BCUT2D eigenvalue weighted by Crippen LogP contribution is -2.56. The summed E-state index contributed by atoms with van der Waals surface area (Å²) in [7, 11) is 0. The Morgan fingerprint density at radius 1 is 1.11 bits per heavy atom. The van der Waals surface area contributed by atoms with Crippen LogP contribution in [-0.2, 0) is 9.47 Å². The first-order chi connectivity index (χ1) is 8.54. The molecule has 3 atom stereocenters. The monoisotopic (exact) mass is 254 g/mol. The van der Waals surface area contributed by atoms with E-state index in [1.807, 2.05) is 0 Å². The smallest absolute Gasteiger partial charge is 0.169 e. The van der Waals surface area contributed by atoms with Gasteiger partial charge >= 0.3 is 0 Å². The normalized spacial score (nSPS) is 47.2. The minimum absolute atomic E-state index is 0.251. The third kappa shape index (κ3) is 1.67. The molecule has 0 bridgehead atoms. The molecule has 1 aliphatic heterocycles. The maximum absolute atomic E-state index is 9.70. The summed E-state index contributed by atoms with van der Waals surface area (Å²) in [5.41, 5.74) is 0.502. The summed E-state index contributed by atoms with van der Waals surface area (Å²) in [6, 6.07) is 0. The van der Waals surface area contributed by atoms with Crippen LogP contribution < -0.4 is 0 Å². The van der Waals surface area contributed by atoms with Crippen LogP contribution in [0.4, 0.5) is 0 Å². The predicted octanol–water partition coefficient (Wildman–Crippen LogP) is 2.72. The van der Waals surface area contributed by atoms with Crippen molar-refractivity contribution >= 4 is 0 Å². The van der Waals surface area contributed by atoms with Gasteiger partial charge in [0.1, 0.15) is 0 Å². The van der Waals surface area contributed by atoms with E-state index in [0.29, 0.717) is 12.5 Å². The molecule has 0 aromatic heterocycles. The minimum atomic E-state index is -0.300. The van der Waals surface area contributed by atoms with E-state index in [1.54, 1.807) is 0 Å². The van der Waals surface area contributed by atoms with Gasteiger partial charge in [0.2, 0.25) is 0 Å². The molecular formula is C15H26O3. The van der Waals surface area contributed by atoms with Gasteiger partial charge < -0.3 is 14.6 Å². The van der Waals surface area contributed by atoms with E-state index >= 15 is 0 Å². The Bertz CT molecular complexity index is 324. The molecule has 3 nitrogen and oxygen atoms in total. The fraction of sp³-hybridized carbons (Fsp3) is 1.00. The second kappa shape index (κ2) is 4.19. The molecule has 1 heterocycles. The molecule has 0 unspecified atom stereocenters. The van der Waals surface area contributed by atoms with Gasteiger partial charge in [-0.3, -0.25) is 0 Å². The minimum Gasteiger partial charge on any atom is -0.396 e. The summed E-state index contributed by atoms with van der Waals surface area (Å²) in [5.74, 6) is 0.154. The van der Waals surface area contributed by atoms with Gasteiger partial charge in [0.05, 0.1) is 13.2 Å². The van der Waals surface area contributed by atoms with Crippen molar-refractivity contribution in [3.63, 3.8) is 0 Å². The molecular weight excluding hydrogens is 228 g/mol. The quantitative estimate of drug-likeness (QED) is 0.782. The number of ether oxygens (including phenoxy) is 2. The van der Waals surface area contributed by atoms with Crippen molar-refractivity contribution in [2.45, 2.75) is 58.2 Å². The van der Waals surface area contributed by atoms with E-state index in [2.05, 4.69) is 13.8 Å². The highest BCUT2D eigenvalue weighted by atomic mass is 16.7. The lowest BCUT2D eigenvalue weighted by molar-refractivity contribution is -0.245. The van der Waals surface area contributed by atoms with Crippen LogP contribution in [0.5, 0.6) is 0 Å². The van der Waals surface area contributed by atoms with Crippen molar-refractivity contribution in [3.8, 4) is 0 Å². The van der Waals surface area contributed by atoms with Crippen molar-refractivity contribution in [2.75, 3.05) is 19.8 Å². The first-order valence-corrected chi connectivity index (χ1v) is 7.42. The molecule has 1 saturated heterocycles. The van der Waals surface area contributed by atoms with Gasteiger partial charge in [-0.1, -0.05) is 20.3 Å². The Morgan fingerprint density at radius 2 is 1.83 bits per heavy atom. The van der Waals surface area contributed by atoms with Crippen molar-refractivity contribution < 1.29 is 14.6 Å². The molecule has 18 heavy (non-hydrogen) atoms. The Hall–Kier alpha value is -0.120. The van der Waals surface area contributed by atoms with E-state index < -0.39 is 0 Å². The maximum atomic E-state index is 9.70. The first kappa shape index (κ1) is 12.9. The van der Waals surface area contributed by atoms with Gasteiger partial charge in [0.25, 0.3) is 0 Å². The van der Waals surface area contributed by atoms with Crippen LogP contribution in [0.2, 0.25) is 0 Å². The van der Waals surface area contributed by atoms with Gasteiger partial charge in [-0.2, -0.15) is 0 Å². The number of rotatable bonds is 1. The number of hydrogen-bond donors (Lipinski definition) is 1. The predicted molar refractivity (Wildman–Crippen MR) is 69.1 cm³/mol. The Labute approximate surface area is 110 Å². The summed E-state index contributed by atoms with van der Waals surface area (Å²) >= 11 is 0. The van der Waals surface area contributed by atoms with E-state index in [4.69, 9.17) is 9.47 Å². The second-order valence-electron chi connectivity index (χ2n) is 7.03. The van der Waals surface area contributed by atoms with Crippen LogP contribution in [0, 0.1) is 16.7 Å². The lowest BCUT2D eigenvalue weighted by Gasteiger charge is -2.60. The summed E-state index contributed by atoms with van der Waals surface area (Å²) in [6.45, 7) is 6.60. The maximum Gasteiger partial charge on any atom is 0.169 e. The third-order valence-corrected chi connectivity index (χ3v) is 6.28. The largest absolute Gasteiger partial charge is 0.396 e. The van der Waals surface area contributed by atoms with E-state index in [1.165, 1.54) is 19.3 Å². The molecule has 0 aromatic rings. The molecule has 0 radical (unpaired) electrons. The zero-order valence-electron chi connectivity index (χ0n) is 11.7. The van der Waals surface area contributed by atoms with Crippen molar-refractivity contribution in [3.05, 3.63) is 0 Å². The fourth-order valence-corrected chi connectivity index (χ4v) is 4.80. The Kier molecular flexibility index (Phi) is 3.00. The molecule has 3 heteroatoms. The van der Waals surface area contributed by atoms with Crippen LogP contribution in [0.3, 0.4) is 0 Å². The average molecular weight is 254 g/mol. The van der Waals surface area contributed by atoms with Crippen LogP contribution in [0.1, 0.15) is 52.4 Å². The van der Waals surface area contributed by atoms with Gasteiger partial charge in [-0.15, -0.1) is 0 Å². The highest BCUT2D eigenvalue weighted by molar-refractivity contribution is 5.06. The van der Waals surface area contributed by atoms with Crippen LogP contribution in [-0.4, -0.2) is 30.7 Å². The van der Waals surface area contributed by atoms with Crippen LogP contribution >= 0.6 is 0 Å². The summed E-state index contributed by atoms with van der Waals surface area (Å²) in [6.07, 6.45) is 6.77. The average Bonchev–Trinajstić information content (AvgIpc) is 2.78. The van der Waals surface area contributed by atoms with Crippen molar-refractivity contribution in [1.82, 2.24) is 0 Å². The molecule has 3 fully saturated rings. The van der Waals surface area contributed by atoms with Gasteiger partial charge in [0, 0.05) is 19.4 Å². The van der Waals surface area contributed by atoms with Crippen LogP contribution in [0.15, 0.2) is 0 Å². The van der Waals surface area contributed by atoms with E-state index in [-0.39, 0.29) is 16.6 Å². The zero-order valence-corrected chi connectivity index (χ0v) is 11.7. The zero-order chi connectivity index (χ0) is 12.9. The highest BCUT2D eigenvalue weighted by Crippen LogP contribution is 2.63. The molecule has 1 N–H and O–H groups in total. The number of hydrogen-bond acceptors (Lipinski definition) is 3. The molecule has 3 aliphatic rings. The topological polar surface area (TPSA) is 38.7 Å². The summed E-state index contributed by atoms with van der Waals surface area (Å²) in [5, 5.41) is 9.70. The molecule has 0 amide bonds. The van der Waals surface area contributed by atoms with Crippen LogP contribution in [0.25, 0.3) is 0 Å². The third-order valence-electron chi connectivity index (χ3n) is 6.28. The summed E-state index contributed by atoms with van der Waals surface area (Å²) in [4.78, 5) is 0. The second-order valence-corrected chi connectivity index (χ2v) is 7.03. The van der Waals surface area contributed by atoms with Crippen molar-refractivity contribution in [1.29, 1.82) is 0 Å². The van der Waals surface area contributed by atoms with Gasteiger partial charge in [-0.05, 0) is 36.0 Å². The number of fused-ring (bicyclic) bond motifs is 1. The molecule has 0 aromatic carbocycles. The van der Waals surface area contributed by atoms with Gasteiger partial charge in [-0.25, -0.2) is 0 Å². The number of aliphatic hydroxyl groups is 1. The standard InChI is InChI=1S/C15H26O3/c1-13-5-3-4-12(10-16)14(13,2)6-7-15(11-13)17-8-9-18-15/h12,16H,3-11H2,1-2H3/t12-,13+,14+/m1/s1. The SMILES string of the molecule is C[C@@]12CCC[C@H](CO)[C@]1(C)CCC1(C2)OCCO1. The van der Waals surface area contributed by atoms with E-state index in [9.17, 15) is 5.11 Å². The van der Waals surface area contributed by atoms with Gasteiger partial charge in [0.15, 0.2) is 5.79 Å². The Morgan fingerprint density at radius 3 is 2.50 bits per heavy atom. The van der Waals surface area contributed by atoms with Crippen molar-refractivity contribution in [2.24, 2.45) is 16.7 Å². The number of aliphatic hydroxyl groups excluding tert-OH is 1. The molecule has 1 spiro atoms. The molecule has 3 rings (SSSR count). The summed E-state index contributed by atoms with van der Waals surface area (Å²) < 4.78 is 11.8. The Balaban J connectivity index is 1.88. The molecule has 2 saturated carbocycles. The molecule has 2 aliphatic carbocycles. The highest BCUT2D eigenvalue weighted by Gasteiger charge is 2.59. The first-order valence-electron chi connectivity index (χ1n) is 7.42. The lowest BCUT2D eigenvalue weighted by atomic mass is 9.47.